The summed E-state index contributed by atoms with van der Waals surface area (Å²) in [5.41, 5.74) is 8.63. The molecule has 122 valence electrons. The Hall–Kier alpha value is -0.770. The maximum atomic E-state index is 10.6. The molecule has 3 nitrogen and oxygen atoms in total. The summed E-state index contributed by atoms with van der Waals surface area (Å²) in [6.45, 7) is 12.5. The normalized spacial score (nSPS) is 13.7. The van der Waals surface area contributed by atoms with Gasteiger partial charge >= 0.3 is 0 Å². The zero-order chi connectivity index (χ0) is 15.7. The van der Waals surface area contributed by atoms with Crippen LogP contribution in [0.5, 0.6) is 5.75 Å². The number of benzene rings is 1. The van der Waals surface area contributed by atoms with Crippen molar-refractivity contribution in [2.24, 2.45) is 5.73 Å². The molecule has 1 aromatic rings. The van der Waals surface area contributed by atoms with Crippen molar-refractivity contribution in [2.45, 2.75) is 64.8 Å². The van der Waals surface area contributed by atoms with Gasteiger partial charge in [0.05, 0.1) is 0 Å². The highest BCUT2D eigenvalue weighted by Crippen LogP contribution is 2.40. The number of aliphatic hydroxyl groups is 1. The lowest BCUT2D eigenvalue weighted by molar-refractivity contribution is 0.276. The van der Waals surface area contributed by atoms with Crippen LogP contribution in [0.1, 0.15) is 70.7 Å². The lowest BCUT2D eigenvalue weighted by atomic mass is 9.77. The molecule has 1 atom stereocenters. The molecule has 0 amide bonds. The highest BCUT2D eigenvalue weighted by Gasteiger charge is 2.27. The summed E-state index contributed by atoms with van der Waals surface area (Å²) in [7, 11) is 0. The second kappa shape index (κ2) is 6.99. The van der Waals surface area contributed by atoms with Crippen LogP contribution < -0.4 is 5.73 Å². The van der Waals surface area contributed by atoms with Crippen molar-refractivity contribution in [3.05, 3.63) is 28.8 Å². The fourth-order valence-corrected chi connectivity index (χ4v) is 2.32. The topological polar surface area (TPSA) is 66.5 Å². The first-order chi connectivity index (χ1) is 8.98. The van der Waals surface area contributed by atoms with E-state index in [1.54, 1.807) is 0 Å². The first-order valence-electron chi connectivity index (χ1n) is 7.22. The van der Waals surface area contributed by atoms with Crippen LogP contribution in [0.15, 0.2) is 12.1 Å². The van der Waals surface area contributed by atoms with E-state index in [1.165, 1.54) is 0 Å². The van der Waals surface area contributed by atoms with Gasteiger partial charge in [-0.3, -0.25) is 0 Å². The number of phenolic OH excluding ortho intramolecular Hbond substituents is 1. The Morgan fingerprint density at radius 3 is 1.67 bits per heavy atom. The first kappa shape index (κ1) is 20.2. The van der Waals surface area contributed by atoms with Crippen LogP contribution in [0.2, 0.25) is 0 Å². The molecule has 0 aliphatic carbocycles. The molecule has 0 aliphatic rings. The van der Waals surface area contributed by atoms with Crippen molar-refractivity contribution < 1.29 is 10.2 Å². The van der Waals surface area contributed by atoms with E-state index in [4.69, 9.17) is 10.8 Å². The Morgan fingerprint density at radius 2 is 1.38 bits per heavy atom. The minimum Gasteiger partial charge on any atom is -0.507 e. The molecular weight excluding hydrogens is 286 g/mol. The van der Waals surface area contributed by atoms with Gasteiger partial charge in [-0.05, 0) is 33.9 Å². The maximum Gasteiger partial charge on any atom is 0.123 e. The lowest BCUT2D eigenvalue weighted by Crippen LogP contribution is -2.20. The van der Waals surface area contributed by atoms with Crippen LogP contribution in [0.4, 0.5) is 0 Å². The van der Waals surface area contributed by atoms with Gasteiger partial charge in [-0.1, -0.05) is 53.7 Å². The van der Waals surface area contributed by atoms with Crippen LogP contribution in [-0.2, 0) is 10.8 Å². The largest absolute Gasteiger partial charge is 0.507 e. The van der Waals surface area contributed by atoms with Crippen molar-refractivity contribution in [3.63, 3.8) is 0 Å². The number of rotatable bonds is 3. The van der Waals surface area contributed by atoms with Crippen molar-refractivity contribution in [1.29, 1.82) is 0 Å². The molecule has 4 heteroatoms. The molecule has 0 aromatic heterocycles. The standard InChI is InChI=1S/C17H29NO2.ClH/c1-16(2,3)12-9-11(14(18)7-8-19)10-13(15(12)20)17(4,5)6;/h9-10,14,19-20H,7-8,18H2,1-6H3;1H. The zero-order valence-electron chi connectivity index (χ0n) is 14.0. The third kappa shape index (κ3) is 4.87. The van der Waals surface area contributed by atoms with Gasteiger partial charge in [-0.2, -0.15) is 0 Å². The van der Waals surface area contributed by atoms with Crippen molar-refractivity contribution in [2.75, 3.05) is 6.61 Å². The van der Waals surface area contributed by atoms with Crippen LogP contribution in [0.3, 0.4) is 0 Å². The van der Waals surface area contributed by atoms with E-state index in [0.717, 1.165) is 16.7 Å². The SMILES string of the molecule is CC(C)(C)c1cc(C(N)CCO)cc(C(C)(C)C)c1O.Cl. The molecule has 0 spiro atoms. The van der Waals surface area contributed by atoms with E-state index >= 15 is 0 Å². The van der Waals surface area contributed by atoms with Gasteiger partial charge in [0.2, 0.25) is 0 Å². The Labute approximate surface area is 135 Å². The summed E-state index contributed by atoms with van der Waals surface area (Å²) in [6.07, 6.45) is 0.526. The summed E-state index contributed by atoms with van der Waals surface area (Å²) < 4.78 is 0. The number of hydrogen-bond acceptors (Lipinski definition) is 3. The van der Waals surface area contributed by atoms with Gasteiger partial charge in [0.15, 0.2) is 0 Å². The quantitative estimate of drug-likeness (QED) is 0.795. The predicted molar refractivity (Wildman–Crippen MR) is 91.4 cm³/mol. The summed E-state index contributed by atoms with van der Waals surface area (Å²) in [6, 6.07) is 3.75. The molecule has 0 saturated heterocycles. The highest BCUT2D eigenvalue weighted by molar-refractivity contribution is 5.85. The number of nitrogens with two attached hydrogens (primary N) is 1. The molecule has 0 bridgehead atoms. The summed E-state index contributed by atoms with van der Waals surface area (Å²) in [5, 5.41) is 19.7. The Bertz CT molecular complexity index is 438. The molecule has 21 heavy (non-hydrogen) atoms. The molecule has 0 heterocycles. The van der Waals surface area contributed by atoms with E-state index in [-0.39, 0.29) is 35.9 Å². The van der Waals surface area contributed by atoms with Crippen molar-refractivity contribution >= 4 is 12.4 Å². The Balaban J connectivity index is 0.00000400. The van der Waals surface area contributed by atoms with E-state index in [9.17, 15) is 5.11 Å². The van der Waals surface area contributed by atoms with Crippen molar-refractivity contribution in [1.82, 2.24) is 0 Å². The Kier molecular flexibility index (Phi) is 6.74. The van der Waals surface area contributed by atoms with Gasteiger partial charge < -0.3 is 15.9 Å². The third-order valence-corrected chi connectivity index (χ3v) is 3.62. The molecule has 0 radical (unpaired) electrons. The van der Waals surface area contributed by atoms with Crippen LogP contribution >= 0.6 is 12.4 Å². The number of halogens is 1. The van der Waals surface area contributed by atoms with Gasteiger partial charge in [-0.25, -0.2) is 0 Å². The van der Waals surface area contributed by atoms with Crippen LogP contribution in [-0.4, -0.2) is 16.8 Å². The molecule has 0 aliphatic heterocycles. The number of phenols is 1. The maximum absolute atomic E-state index is 10.6. The van der Waals surface area contributed by atoms with Gasteiger partial charge in [-0.15, -0.1) is 12.4 Å². The fourth-order valence-electron chi connectivity index (χ4n) is 2.32. The average Bonchev–Trinajstić information content (AvgIpc) is 2.26. The van der Waals surface area contributed by atoms with Crippen LogP contribution in [0.25, 0.3) is 0 Å². The number of aliphatic hydroxyl groups excluding tert-OH is 1. The molecule has 1 unspecified atom stereocenters. The van der Waals surface area contributed by atoms with Crippen LogP contribution in [0, 0.1) is 0 Å². The monoisotopic (exact) mass is 315 g/mol. The van der Waals surface area contributed by atoms with Gasteiger partial charge in [0, 0.05) is 12.6 Å². The molecule has 4 N–H and O–H groups in total. The van der Waals surface area contributed by atoms with E-state index in [1.807, 2.05) is 12.1 Å². The van der Waals surface area contributed by atoms with E-state index < -0.39 is 0 Å². The molecule has 0 saturated carbocycles. The fraction of sp³-hybridized carbons (Fsp3) is 0.647. The second-order valence-corrected chi connectivity index (χ2v) is 7.58. The Morgan fingerprint density at radius 1 is 1.00 bits per heavy atom. The van der Waals surface area contributed by atoms with Gasteiger partial charge in [0.25, 0.3) is 0 Å². The second-order valence-electron chi connectivity index (χ2n) is 7.58. The van der Waals surface area contributed by atoms with Crippen molar-refractivity contribution in [3.8, 4) is 5.75 Å². The summed E-state index contributed by atoms with van der Waals surface area (Å²) in [4.78, 5) is 0. The molecule has 1 aromatic carbocycles. The molecule has 1 rings (SSSR count). The minimum atomic E-state index is -0.206. The third-order valence-electron chi connectivity index (χ3n) is 3.62. The molecule has 0 fully saturated rings. The lowest BCUT2D eigenvalue weighted by Gasteiger charge is -2.29. The van der Waals surface area contributed by atoms with Gasteiger partial charge in [0.1, 0.15) is 5.75 Å². The average molecular weight is 316 g/mol. The highest BCUT2D eigenvalue weighted by atomic mass is 35.5. The van der Waals surface area contributed by atoms with E-state index in [2.05, 4.69) is 41.5 Å². The smallest absolute Gasteiger partial charge is 0.123 e. The number of aromatic hydroxyl groups is 1. The number of hydrogen-bond donors (Lipinski definition) is 3. The van der Waals surface area contributed by atoms with E-state index in [0.29, 0.717) is 12.2 Å². The predicted octanol–water partition coefficient (Wildman–Crippen LogP) is 3.79. The summed E-state index contributed by atoms with van der Waals surface area (Å²) in [5.74, 6) is 0.366. The minimum absolute atomic E-state index is 0. The first-order valence-corrected chi connectivity index (χ1v) is 7.22. The zero-order valence-corrected chi connectivity index (χ0v) is 14.8. The molecular formula is C17H30ClNO2. The summed E-state index contributed by atoms with van der Waals surface area (Å²) >= 11 is 0.